The standard InChI is InChI=1S/C18H10ClF7N4O2/c1-7(17(22,23)18(24,25)26)28-16(32)10-6-30(15-11(21)4-8(20)5-27-15)14-9(13(10)31)2-3-12(19)29-14/h2-7H,1H3,(H,28,32). The van der Waals surface area contributed by atoms with E-state index in [0.29, 0.717) is 25.4 Å². The van der Waals surface area contributed by atoms with Gasteiger partial charge in [-0.3, -0.25) is 14.2 Å². The number of hydrogen-bond acceptors (Lipinski definition) is 4. The van der Waals surface area contributed by atoms with E-state index in [1.54, 1.807) is 0 Å². The lowest BCUT2D eigenvalue weighted by molar-refractivity contribution is -0.290. The zero-order valence-electron chi connectivity index (χ0n) is 15.6. The van der Waals surface area contributed by atoms with Crippen molar-refractivity contribution in [2.75, 3.05) is 0 Å². The summed E-state index contributed by atoms with van der Waals surface area (Å²) in [6.07, 6.45) is -4.73. The van der Waals surface area contributed by atoms with Gasteiger partial charge in [0.2, 0.25) is 5.43 Å². The zero-order chi connectivity index (χ0) is 24.0. The van der Waals surface area contributed by atoms with E-state index < -0.39 is 52.5 Å². The van der Waals surface area contributed by atoms with Gasteiger partial charge in [0.05, 0.1) is 17.6 Å². The second-order valence-corrected chi connectivity index (χ2v) is 6.91. The van der Waals surface area contributed by atoms with Crippen molar-refractivity contribution in [1.29, 1.82) is 0 Å². The Morgan fingerprint density at radius 1 is 1.19 bits per heavy atom. The molecule has 32 heavy (non-hydrogen) atoms. The topological polar surface area (TPSA) is 76.9 Å². The molecule has 0 saturated carbocycles. The van der Waals surface area contributed by atoms with E-state index >= 15 is 0 Å². The summed E-state index contributed by atoms with van der Waals surface area (Å²) in [6.45, 7) is 0.396. The van der Waals surface area contributed by atoms with Crippen LogP contribution in [0, 0.1) is 11.6 Å². The van der Waals surface area contributed by atoms with Gasteiger partial charge >= 0.3 is 12.1 Å². The summed E-state index contributed by atoms with van der Waals surface area (Å²) in [6, 6.07) is -0.105. The Labute approximate surface area is 178 Å². The van der Waals surface area contributed by atoms with Crippen LogP contribution in [0.2, 0.25) is 5.15 Å². The van der Waals surface area contributed by atoms with Crippen molar-refractivity contribution in [2.24, 2.45) is 0 Å². The molecule has 3 aromatic rings. The SMILES string of the molecule is CC(NC(=O)c1cn(-c2ncc(F)cc2F)c2nc(Cl)ccc2c1=O)C(F)(F)C(F)(F)F. The third-order valence-corrected chi connectivity index (χ3v) is 4.56. The summed E-state index contributed by atoms with van der Waals surface area (Å²) in [5.41, 5.74) is -2.36. The molecule has 0 aliphatic rings. The number of rotatable bonds is 4. The molecule has 0 aromatic carbocycles. The minimum Gasteiger partial charge on any atom is -0.343 e. The molecule has 1 N–H and O–H groups in total. The quantitative estimate of drug-likeness (QED) is 0.450. The van der Waals surface area contributed by atoms with Gasteiger partial charge in [0.15, 0.2) is 17.3 Å². The van der Waals surface area contributed by atoms with Crippen molar-refractivity contribution in [3.8, 4) is 5.82 Å². The molecule has 1 amide bonds. The number of carbonyl (C=O) groups is 1. The van der Waals surface area contributed by atoms with E-state index in [1.165, 1.54) is 5.32 Å². The van der Waals surface area contributed by atoms with E-state index in [2.05, 4.69) is 9.97 Å². The molecule has 3 aromatic heterocycles. The number of fused-ring (bicyclic) bond motifs is 1. The van der Waals surface area contributed by atoms with Crippen LogP contribution in [0.15, 0.2) is 35.4 Å². The van der Waals surface area contributed by atoms with Gasteiger partial charge in [-0.25, -0.2) is 18.7 Å². The molecule has 0 aliphatic carbocycles. The van der Waals surface area contributed by atoms with Gasteiger partial charge < -0.3 is 5.32 Å². The molecule has 0 radical (unpaired) electrons. The largest absolute Gasteiger partial charge is 0.455 e. The van der Waals surface area contributed by atoms with E-state index in [4.69, 9.17) is 11.6 Å². The number of hydrogen-bond donors (Lipinski definition) is 1. The van der Waals surface area contributed by atoms with Gasteiger partial charge in [0.25, 0.3) is 5.91 Å². The first-order valence-corrected chi connectivity index (χ1v) is 8.90. The van der Waals surface area contributed by atoms with Crippen molar-refractivity contribution in [1.82, 2.24) is 19.9 Å². The van der Waals surface area contributed by atoms with Gasteiger partial charge in [-0.2, -0.15) is 22.0 Å². The highest BCUT2D eigenvalue weighted by Crippen LogP contribution is 2.38. The molecule has 1 unspecified atom stereocenters. The minimum atomic E-state index is -5.97. The molecule has 0 aliphatic heterocycles. The van der Waals surface area contributed by atoms with Crippen molar-refractivity contribution in [3.05, 3.63) is 63.2 Å². The molecule has 3 rings (SSSR count). The van der Waals surface area contributed by atoms with Gasteiger partial charge in [-0.15, -0.1) is 0 Å². The number of carbonyl (C=O) groups excluding carboxylic acids is 1. The van der Waals surface area contributed by atoms with Crippen molar-refractivity contribution in [2.45, 2.75) is 25.1 Å². The van der Waals surface area contributed by atoms with Crippen LogP contribution in [-0.2, 0) is 0 Å². The maximum Gasteiger partial charge on any atom is 0.455 e. The van der Waals surface area contributed by atoms with Crippen molar-refractivity contribution in [3.63, 3.8) is 0 Å². The van der Waals surface area contributed by atoms with Crippen LogP contribution in [0.5, 0.6) is 0 Å². The fourth-order valence-corrected chi connectivity index (χ4v) is 2.84. The molecular weight excluding hydrogens is 473 g/mol. The number of nitrogens with zero attached hydrogens (tertiary/aromatic N) is 3. The van der Waals surface area contributed by atoms with Gasteiger partial charge in [0.1, 0.15) is 16.5 Å². The Morgan fingerprint density at radius 2 is 1.84 bits per heavy atom. The van der Waals surface area contributed by atoms with Crippen LogP contribution in [0.4, 0.5) is 30.7 Å². The third kappa shape index (κ3) is 4.11. The molecule has 3 heterocycles. The van der Waals surface area contributed by atoms with Gasteiger partial charge in [-0.05, 0) is 19.1 Å². The Bertz CT molecular complexity index is 1280. The number of pyridine rings is 3. The summed E-state index contributed by atoms with van der Waals surface area (Å²) in [5, 5.41) is 0.898. The van der Waals surface area contributed by atoms with Crippen LogP contribution in [-0.4, -0.2) is 38.6 Å². The molecule has 6 nitrogen and oxygen atoms in total. The minimum absolute atomic E-state index is 0.163. The van der Waals surface area contributed by atoms with Crippen LogP contribution < -0.4 is 10.7 Å². The fourth-order valence-electron chi connectivity index (χ4n) is 2.70. The predicted molar refractivity (Wildman–Crippen MR) is 98.0 cm³/mol. The Balaban J connectivity index is 2.18. The number of halogens is 8. The first-order chi connectivity index (χ1) is 14.7. The number of nitrogens with one attached hydrogen (secondary N) is 1. The monoisotopic (exact) mass is 482 g/mol. The lowest BCUT2D eigenvalue weighted by Gasteiger charge is -2.26. The van der Waals surface area contributed by atoms with Gasteiger partial charge in [-0.1, -0.05) is 11.6 Å². The summed E-state index contributed by atoms with van der Waals surface area (Å²) in [4.78, 5) is 32.5. The lowest BCUT2D eigenvalue weighted by Crippen LogP contribution is -2.54. The normalized spacial score (nSPS) is 13.3. The predicted octanol–water partition coefficient (Wildman–Crippen LogP) is 4.03. The molecular formula is C18H10ClF7N4O2. The van der Waals surface area contributed by atoms with Crippen LogP contribution in [0.3, 0.4) is 0 Å². The van der Waals surface area contributed by atoms with Crippen molar-refractivity contribution < 1.29 is 35.5 Å². The van der Waals surface area contributed by atoms with E-state index in [0.717, 1.165) is 16.7 Å². The molecule has 170 valence electrons. The fraction of sp³-hybridized carbons (Fsp3) is 0.222. The number of alkyl halides is 5. The number of aromatic nitrogens is 3. The highest BCUT2D eigenvalue weighted by atomic mass is 35.5. The highest BCUT2D eigenvalue weighted by molar-refractivity contribution is 6.29. The summed E-state index contributed by atoms with van der Waals surface area (Å²) in [7, 11) is 0. The molecule has 1 atom stereocenters. The molecule has 0 fully saturated rings. The Hall–Kier alpha value is -3.22. The lowest BCUT2D eigenvalue weighted by atomic mass is 10.1. The maximum absolute atomic E-state index is 14.3. The summed E-state index contributed by atoms with van der Waals surface area (Å²) < 4.78 is 92.9. The first kappa shape index (κ1) is 23.4. The summed E-state index contributed by atoms with van der Waals surface area (Å²) in [5.74, 6) is -9.85. The smallest absolute Gasteiger partial charge is 0.343 e. The first-order valence-electron chi connectivity index (χ1n) is 8.52. The van der Waals surface area contributed by atoms with E-state index in [9.17, 15) is 40.3 Å². The molecule has 0 saturated heterocycles. The second-order valence-electron chi connectivity index (χ2n) is 6.52. The average Bonchev–Trinajstić information content (AvgIpc) is 2.67. The second kappa shape index (κ2) is 8.04. The summed E-state index contributed by atoms with van der Waals surface area (Å²) >= 11 is 5.79. The number of amides is 1. The van der Waals surface area contributed by atoms with Crippen LogP contribution in [0.25, 0.3) is 16.9 Å². The maximum atomic E-state index is 14.3. The highest BCUT2D eigenvalue weighted by Gasteiger charge is 2.61. The van der Waals surface area contributed by atoms with Crippen LogP contribution >= 0.6 is 11.6 Å². The van der Waals surface area contributed by atoms with Crippen molar-refractivity contribution >= 4 is 28.5 Å². The zero-order valence-corrected chi connectivity index (χ0v) is 16.4. The third-order valence-electron chi connectivity index (χ3n) is 4.35. The van der Waals surface area contributed by atoms with Gasteiger partial charge in [0, 0.05) is 12.3 Å². The molecule has 0 spiro atoms. The van der Waals surface area contributed by atoms with E-state index in [1.807, 2.05) is 0 Å². The molecule has 0 bridgehead atoms. The van der Waals surface area contributed by atoms with Crippen LogP contribution in [0.1, 0.15) is 17.3 Å². The molecule has 14 heteroatoms. The average molecular weight is 483 g/mol. The Morgan fingerprint density at radius 3 is 2.44 bits per heavy atom. The Kier molecular flexibility index (Phi) is 5.89. The van der Waals surface area contributed by atoms with E-state index in [-0.39, 0.29) is 16.2 Å².